The molecule has 0 aliphatic carbocycles. The summed E-state index contributed by atoms with van der Waals surface area (Å²) in [5.41, 5.74) is 2.71. The fourth-order valence-corrected chi connectivity index (χ4v) is 3.16. The minimum absolute atomic E-state index is 0.0179. The van der Waals surface area contributed by atoms with E-state index in [4.69, 9.17) is 0 Å². The fourth-order valence-electron chi connectivity index (χ4n) is 3.16. The average molecular weight is 351 g/mol. The molecule has 0 radical (unpaired) electrons. The molecule has 5 nitrogen and oxygen atoms in total. The molecule has 0 spiro atoms. The lowest BCUT2D eigenvalue weighted by atomic mass is 10.1. The largest absolute Gasteiger partial charge is 0.339 e. The van der Waals surface area contributed by atoms with Crippen LogP contribution in [0.25, 0.3) is 0 Å². The summed E-state index contributed by atoms with van der Waals surface area (Å²) in [7, 11) is 0. The molecule has 1 fully saturated rings. The van der Waals surface area contributed by atoms with Gasteiger partial charge in [0.25, 0.3) is 11.8 Å². The summed E-state index contributed by atoms with van der Waals surface area (Å²) in [6.45, 7) is 3.66. The number of nitrogens with one attached hydrogen (secondary N) is 1. The summed E-state index contributed by atoms with van der Waals surface area (Å²) in [5.74, 6) is -0.324. The van der Waals surface area contributed by atoms with Gasteiger partial charge < -0.3 is 10.2 Å². The van der Waals surface area contributed by atoms with Gasteiger partial charge in [-0.3, -0.25) is 14.6 Å². The average Bonchev–Trinajstić information content (AvgIpc) is 2.97. The molecule has 3 rings (SSSR count). The number of carbonyl (C=O) groups is 2. The van der Waals surface area contributed by atoms with Crippen molar-refractivity contribution in [3.63, 3.8) is 0 Å². The van der Waals surface area contributed by atoms with Gasteiger partial charge in [-0.05, 0) is 49.1 Å². The van der Waals surface area contributed by atoms with E-state index in [2.05, 4.69) is 17.2 Å². The van der Waals surface area contributed by atoms with Crippen LogP contribution in [0, 0.1) is 0 Å². The SMILES string of the molecule is CCc1ccc(NC(=O)c2cc(C(=O)N3CCCCCC3)ccn2)cc1. The second-order valence-corrected chi connectivity index (χ2v) is 6.64. The Morgan fingerprint density at radius 2 is 1.73 bits per heavy atom. The Kier molecular flexibility index (Phi) is 6.00. The maximum Gasteiger partial charge on any atom is 0.274 e. The highest BCUT2D eigenvalue weighted by molar-refractivity contribution is 6.04. The first-order chi connectivity index (χ1) is 12.7. The van der Waals surface area contributed by atoms with Crippen LogP contribution in [0.1, 0.15) is 59.0 Å². The number of hydrogen-bond donors (Lipinski definition) is 1. The number of amides is 2. The Hall–Kier alpha value is -2.69. The summed E-state index contributed by atoms with van der Waals surface area (Å²) in [5, 5.41) is 2.84. The van der Waals surface area contributed by atoms with Crippen LogP contribution < -0.4 is 5.32 Å². The van der Waals surface area contributed by atoms with Crippen LogP contribution in [0.2, 0.25) is 0 Å². The van der Waals surface area contributed by atoms with Gasteiger partial charge in [-0.1, -0.05) is 31.9 Å². The summed E-state index contributed by atoms with van der Waals surface area (Å²) in [6, 6.07) is 11.0. The Morgan fingerprint density at radius 3 is 2.38 bits per heavy atom. The highest BCUT2D eigenvalue weighted by atomic mass is 16.2. The molecule has 1 aliphatic heterocycles. The summed E-state index contributed by atoms with van der Waals surface area (Å²) in [4.78, 5) is 31.2. The third-order valence-electron chi connectivity index (χ3n) is 4.75. The minimum atomic E-state index is -0.306. The molecule has 1 aromatic heterocycles. The number of rotatable bonds is 4. The van der Waals surface area contributed by atoms with Crippen LogP contribution in [0.5, 0.6) is 0 Å². The summed E-state index contributed by atoms with van der Waals surface area (Å²) < 4.78 is 0. The molecule has 5 heteroatoms. The van der Waals surface area contributed by atoms with Gasteiger partial charge in [-0.25, -0.2) is 0 Å². The Bertz CT molecular complexity index is 763. The Balaban J connectivity index is 1.71. The van der Waals surface area contributed by atoms with Gasteiger partial charge in [-0.2, -0.15) is 0 Å². The van der Waals surface area contributed by atoms with Crippen molar-refractivity contribution in [2.24, 2.45) is 0 Å². The minimum Gasteiger partial charge on any atom is -0.339 e. The summed E-state index contributed by atoms with van der Waals surface area (Å²) in [6.07, 6.45) is 6.90. The van der Waals surface area contributed by atoms with E-state index in [-0.39, 0.29) is 17.5 Å². The van der Waals surface area contributed by atoms with Crippen LogP contribution >= 0.6 is 0 Å². The third-order valence-corrected chi connectivity index (χ3v) is 4.75. The van der Waals surface area contributed by atoms with Gasteiger partial charge in [-0.15, -0.1) is 0 Å². The molecule has 1 saturated heterocycles. The number of hydrogen-bond acceptors (Lipinski definition) is 3. The number of aromatic nitrogens is 1. The third kappa shape index (κ3) is 4.48. The number of nitrogens with zero attached hydrogens (tertiary/aromatic N) is 2. The van der Waals surface area contributed by atoms with E-state index in [1.54, 1.807) is 12.1 Å². The smallest absolute Gasteiger partial charge is 0.274 e. The number of carbonyl (C=O) groups excluding carboxylic acids is 2. The monoisotopic (exact) mass is 351 g/mol. The van der Waals surface area contributed by atoms with Crippen molar-refractivity contribution < 1.29 is 9.59 Å². The van der Waals surface area contributed by atoms with Crippen molar-refractivity contribution in [1.29, 1.82) is 0 Å². The second-order valence-electron chi connectivity index (χ2n) is 6.64. The van der Waals surface area contributed by atoms with E-state index >= 15 is 0 Å². The molecule has 26 heavy (non-hydrogen) atoms. The summed E-state index contributed by atoms with van der Waals surface area (Å²) >= 11 is 0. The van der Waals surface area contributed by atoms with Crippen molar-refractivity contribution >= 4 is 17.5 Å². The molecule has 0 unspecified atom stereocenters. The van der Waals surface area contributed by atoms with Crippen LogP contribution in [0.4, 0.5) is 5.69 Å². The zero-order chi connectivity index (χ0) is 18.4. The Morgan fingerprint density at radius 1 is 1.04 bits per heavy atom. The van der Waals surface area contributed by atoms with Gasteiger partial charge in [0.15, 0.2) is 0 Å². The molecule has 1 aliphatic rings. The van der Waals surface area contributed by atoms with E-state index in [1.165, 1.54) is 24.6 Å². The standard InChI is InChI=1S/C21H25N3O2/c1-2-16-7-9-18(10-8-16)23-20(25)19-15-17(11-12-22-19)21(26)24-13-5-3-4-6-14-24/h7-12,15H,2-6,13-14H2,1H3,(H,23,25). The second kappa shape index (κ2) is 8.61. The van der Waals surface area contributed by atoms with Crippen molar-refractivity contribution in [2.45, 2.75) is 39.0 Å². The molecular formula is C21H25N3O2. The highest BCUT2D eigenvalue weighted by Crippen LogP contribution is 2.15. The predicted molar refractivity (Wildman–Crippen MR) is 102 cm³/mol. The molecule has 136 valence electrons. The first-order valence-electron chi connectivity index (χ1n) is 9.33. The van der Waals surface area contributed by atoms with E-state index in [0.29, 0.717) is 5.56 Å². The van der Waals surface area contributed by atoms with Gasteiger partial charge in [0.05, 0.1) is 0 Å². The Labute approximate surface area is 154 Å². The number of pyridine rings is 1. The zero-order valence-electron chi connectivity index (χ0n) is 15.2. The molecule has 1 N–H and O–H groups in total. The maximum absolute atomic E-state index is 12.7. The first-order valence-corrected chi connectivity index (χ1v) is 9.33. The van der Waals surface area contributed by atoms with Crippen molar-refractivity contribution in [2.75, 3.05) is 18.4 Å². The quantitative estimate of drug-likeness (QED) is 0.908. The molecule has 2 aromatic rings. The van der Waals surface area contributed by atoms with Gasteiger partial charge >= 0.3 is 0 Å². The maximum atomic E-state index is 12.7. The van der Waals surface area contributed by atoms with Crippen LogP contribution in [0.3, 0.4) is 0 Å². The number of anilines is 1. The lowest BCUT2D eigenvalue weighted by Gasteiger charge is -2.20. The van der Waals surface area contributed by atoms with Gasteiger partial charge in [0.2, 0.25) is 0 Å². The number of aryl methyl sites for hydroxylation is 1. The van der Waals surface area contributed by atoms with E-state index in [0.717, 1.165) is 38.0 Å². The molecule has 0 atom stereocenters. The van der Waals surface area contributed by atoms with Crippen LogP contribution in [-0.2, 0) is 6.42 Å². The fraction of sp³-hybridized carbons (Fsp3) is 0.381. The molecule has 1 aromatic carbocycles. The molecule has 0 bridgehead atoms. The normalized spacial score (nSPS) is 14.6. The van der Waals surface area contributed by atoms with E-state index < -0.39 is 0 Å². The molecule has 2 heterocycles. The predicted octanol–water partition coefficient (Wildman–Crippen LogP) is 3.91. The molecule has 0 saturated carbocycles. The van der Waals surface area contributed by atoms with Gasteiger partial charge in [0.1, 0.15) is 5.69 Å². The van der Waals surface area contributed by atoms with Crippen molar-refractivity contribution in [3.05, 3.63) is 59.4 Å². The lowest BCUT2D eigenvalue weighted by Crippen LogP contribution is -2.32. The zero-order valence-corrected chi connectivity index (χ0v) is 15.2. The van der Waals surface area contributed by atoms with E-state index in [9.17, 15) is 9.59 Å². The number of likely N-dealkylation sites (tertiary alicyclic amines) is 1. The van der Waals surface area contributed by atoms with Crippen molar-refractivity contribution in [1.82, 2.24) is 9.88 Å². The highest BCUT2D eigenvalue weighted by Gasteiger charge is 2.19. The van der Waals surface area contributed by atoms with Crippen LogP contribution in [-0.4, -0.2) is 34.8 Å². The lowest BCUT2D eigenvalue weighted by molar-refractivity contribution is 0.0761. The number of benzene rings is 1. The van der Waals surface area contributed by atoms with Crippen molar-refractivity contribution in [3.8, 4) is 0 Å². The van der Waals surface area contributed by atoms with E-state index in [1.807, 2.05) is 29.2 Å². The molecular weight excluding hydrogens is 326 g/mol. The molecule has 2 amide bonds. The van der Waals surface area contributed by atoms with Gasteiger partial charge in [0, 0.05) is 30.5 Å². The first kappa shape index (κ1) is 18.1. The topological polar surface area (TPSA) is 62.3 Å². The van der Waals surface area contributed by atoms with Crippen LogP contribution in [0.15, 0.2) is 42.6 Å².